The standard InChI is InChI=1S/C20H21FN2O2/c21-18-7-8-19(17(14-18)6-9-20(24)25)23-12-10-22(11-13-23)15-16-4-2-1-3-5-16/h1-9,14H,10-13,15H2,(H,24,25)/b9-6+. The number of carbonyl (C=O) groups is 1. The van der Waals surface area contributed by atoms with E-state index >= 15 is 0 Å². The normalized spacial score (nSPS) is 15.6. The Morgan fingerprint density at radius 2 is 1.80 bits per heavy atom. The van der Waals surface area contributed by atoms with Crippen molar-refractivity contribution in [1.29, 1.82) is 0 Å². The number of anilines is 1. The van der Waals surface area contributed by atoms with Gasteiger partial charge >= 0.3 is 5.97 Å². The maximum atomic E-state index is 13.5. The second-order valence-corrected chi connectivity index (χ2v) is 6.12. The van der Waals surface area contributed by atoms with Crippen molar-refractivity contribution >= 4 is 17.7 Å². The summed E-state index contributed by atoms with van der Waals surface area (Å²) in [6.45, 7) is 4.39. The number of benzene rings is 2. The SMILES string of the molecule is O=C(O)/C=C/c1cc(F)ccc1N1CCN(Cc2ccccc2)CC1. The Hall–Kier alpha value is -2.66. The van der Waals surface area contributed by atoms with Crippen LogP contribution >= 0.6 is 0 Å². The van der Waals surface area contributed by atoms with Gasteiger partial charge in [0.2, 0.25) is 0 Å². The van der Waals surface area contributed by atoms with Crippen LogP contribution in [0.3, 0.4) is 0 Å². The van der Waals surface area contributed by atoms with Gasteiger partial charge in [-0.2, -0.15) is 0 Å². The van der Waals surface area contributed by atoms with Gasteiger partial charge in [0.05, 0.1) is 0 Å². The number of carboxylic acids is 1. The molecule has 0 aliphatic carbocycles. The van der Waals surface area contributed by atoms with Crippen LogP contribution in [0, 0.1) is 5.82 Å². The summed E-state index contributed by atoms with van der Waals surface area (Å²) in [5, 5.41) is 8.82. The molecule has 130 valence electrons. The third kappa shape index (κ3) is 4.67. The second-order valence-electron chi connectivity index (χ2n) is 6.12. The van der Waals surface area contributed by atoms with Crippen LogP contribution in [0.2, 0.25) is 0 Å². The van der Waals surface area contributed by atoms with Crippen LogP contribution in [0.5, 0.6) is 0 Å². The summed E-state index contributed by atoms with van der Waals surface area (Å²) in [5.41, 5.74) is 2.76. The third-order valence-electron chi connectivity index (χ3n) is 4.36. The zero-order valence-electron chi connectivity index (χ0n) is 13.9. The van der Waals surface area contributed by atoms with E-state index in [0.717, 1.165) is 44.5 Å². The van der Waals surface area contributed by atoms with Crippen LogP contribution in [-0.4, -0.2) is 42.2 Å². The highest BCUT2D eigenvalue weighted by molar-refractivity contribution is 5.87. The van der Waals surface area contributed by atoms with E-state index in [0.29, 0.717) is 5.56 Å². The number of hydrogen-bond donors (Lipinski definition) is 1. The number of carboxylic acid groups (broad SMARTS) is 1. The molecule has 0 spiro atoms. The molecule has 0 amide bonds. The summed E-state index contributed by atoms with van der Waals surface area (Å²) in [6.07, 6.45) is 2.50. The van der Waals surface area contributed by atoms with Crippen molar-refractivity contribution in [3.8, 4) is 0 Å². The van der Waals surface area contributed by atoms with E-state index in [1.807, 2.05) is 18.2 Å². The predicted octanol–water partition coefficient (Wildman–Crippen LogP) is 3.25. The molecule has 0 aromatic heterocycles. The molecular weight excluding hydrogens is 319 g/mol. The van der Waals surface area contributed by atoms with E-state index in [2.05, 4.69) is 21.9 Å². The Bertz CT molecular complexity index is 754. The predicted molar refractivity (Wildman–Crippen MR) is 97.0 cm³/mol. The lowest BCUT2D eigenvalue weighted by molar-refractivity contribution is -0.131. The molecule has 2 aromatic carbocycles. The number of piperazine rings is 1. The molecule has 0 saturated carbocycles. The van der Waals surface area contributed by atoms with E-state index in [1.54, 1.807) is 6.07 Å². The molecular formula is C20H21FN2O2. The van der Waals surface area contributed by atoms with E-state index in [-0.39, 0.29) is 5.82 Å². The molecule has 5 heteroatoms. The van der Waals surface area contributed by atoms with E-state index in [4.69, 9.17) is 5.11 Å². The average Bonchev–Trinajstić information content (AvgIpc) is 2.62. The molecule has 3 rings (SSSR count). The summed E-state index contributed by atoms with van der Waals surface area (Å²) in [5.74, 6) is -1.40. The third-order valence-corrected chi connectivity index (χ3v) is 4.36. The monoisotopic (exact) mass is 340 g/mol. The Kier molecular flexibility index (Phi) is 5.46. The molecule has 0 bridgehead atoms. The van der Waals surface area contributed by atoms with Gasteiger partial charge in [0, 0.05) is 50.1 Å². The number of aliphatic carboxylic acids is 1. The first kappa shape index (κ1) is 17.2. The van der Waals surface area contributed by atoms with Crippen molar-refractivity contribution in [2.45, 2.75) is 6.54 Å². The van der Waals surface area contributed by atoms with Gasteiger partial charge < -0.3 is 10.0 Å². The van der Waals surface area contributed by atoms with Gasteiger partial charge in [-0.15, -0.1) is 0 Å². The van der Waals surface area contributed by atoms with Crippen LogP contribution in [0.1, 0.15) is 11.1 Å². The van der Waals surface area contributed by atoms with Crippen molar-refractivity contribution in [2.24, 2.45) is 0 Å². The smallest absolute Gasteiger partial charge is 0.328 e. The molecule has 4 nitrogen and oxygen atoms in total. The van der Waals surface area contributed by atoms with E-state index < -0.39 is 5.97 Å². The summed E-state index contributed by atoms with van der Waals surface area (Å²) in [6, 6.07) is 14.9. The summed E-state index contributed by atoms with van der Waals surface area (Å²) >= 11 is 0. The highest BCUT2D eigenvalue weighted by Gasteiger charge is 2.19. The van der Waals surface area contributed by atoms with Crippen molar-refractivity contribution in [3.63, 3.8) is 0 Å². The minimum atomic E-state index is -1.04. The van der Waals surface area contributed by atoms with Crippen molar-refractivity contribution in [3.05, 3.63) is 71.6 Å². The first-order chi connectivity index (χ1) is 12.1. The fourth-order valence-corrected chi connectivity index (χ4v) is 3.10. The number of halogens is 1. The van der Waals surface area contributed by atoms with Gasteiger partial charge in [-0.1, -0.05) is 30.3 Å². The molecule has 1 aliphatic rings. The van der Waals surface area contributed by atoms with Gasteiger partial charge in [-0.3, -0.25) is 4.90 Å². The highest BCUT2D eigenvalue weighted by atomic mass is 19.1. The molecule has 1 saturated heterocycles. The topological polar surface area (TPSA) is 43.8 Å². The van der Waals surface area contributed by atoms with Crippen LogP contribution < -0.4 is 4.90 Å². The van der Waals surface area contributed by atoms with E-state index in [9.17, 15) is 9.18 Å². The Labute approximate surface area is 146 Å². The largest absolute Gasteiger partial charge is 0.478 e. The van der Waals surface area contributed by atoms with Crippen molar-refractivity contribution in [1.82, 2.24) is 4.90 Å². The zero-order chi connectivity index (χ0) is 17.6. The Morgan fingerprint density at radius 1 is 1.08 bits per heavy atom. The lowest BCUT2D eigenvalue weighted by atomic mass is 10.1. The molecule has 1 aliphatic heterocycles. The summed E-state index contributed by atoms with van der Waals surface area (Å²) < 4.78 is 13.5. The zero-order valence-corrected chi connectivity index (χ0v) is 13.9. The minimum Gasteiger partial charge on any atom is -0.478 e. The fraction of sp³-hybridized carbons (Fsp3) is 0.250. The molecule has 0 unspecified atom stereocenters. The van der Waals surface area contributed by atoms with Crippen LogP contribution in [0.4, 0.5) is 10.1 Å². The Morgan fingerprint density at radius 3 is 2.48 bits per heavy atom. The van der Waals surface area contributed by atoms with Crippen molar-refractivity contribution < 1.29 is 14.3 Å². The maximum absolute atomic E-state index is 13.5. The first-order valence-corrected chi connectivity index (χ1v) is 8.33. The average molecular weight is 340 g/mol. The first-order valence-electron chi connectivity index (χ1n) is 8.33. The van der Waals surface area contributed by atoms with Gasteiger partial charge in [-0.25, -0.2) is 9.18 Å². The highest BCUT2D eigenvalue weighted by Crippen LogP contribution is 2.25. The molecule has 1 N–H and O–H groups in total. The summed E-state index contributed by atoms with van der Waals surface area (Å²) in [7, 11) is 0. The lowest BCUT2D eigenvalue weighted by Crippen LogP contribution is -2.46. The van der Waals surface area contributed by atoms with Crippen molar-refractivity contribution in [2.75, 3.05) is 31.1 Å². The van der Waals surface area contributed by atoms with Gasteiger partial charge in [0.25, 0.3) is 0 Å². The van der Waals surface area contributed by atoms with E-state index in [1.165, 1.54) is 23.8 Å². The molecule has 0 atom stereocenters. The lowest BCUT2D eigenvalue weighted by Gasteiger charge is -2.36. The number of rotatable bonds is 5. The Balaban J connectivity index is 1.67. The maximum Gasteiger partial charge on any atom is 0.328 e. The van der Waals surface area contributed by atoms with Crippen LogP contribution in [0.25, 0.3) is 6.08 Å². The molecule has 0 radical (unpaired) electrons. The number of nitrogens with zero attached hydrogens (tertiary/aromatic N) is 2. The fourth-order valence-electron chi connectivity index (χ4n) is 3.10. The molecule has 2 aromatic rings. The molecule has 1 fully saturated rings. The quantitative estimate of drug-likeness (QED) is 0.849. The minimum absolute atomic E-state index is 0.364. The van der Waals surface area contributed by atoms with Crippen LogP contribution in [0.15, 0.2) is 54.6 Å². The second kappa shape index (κ2) is 7.94. The number of hydrogen-bond acceptors (Lipinski definition) is 3. The summed E-state index contributed by atoms with van der Waals surface area (Å²) in [4.78, 5) is 15.3. The van der Waals surface area contributed by atoms with Crippen LogP contribution in [-0.2, 0) is 11.3 Å². The molecule has 1 heterocycles. The van der Waals surface area contributed by atoms with Gasteiger partial charge in [0.15, 0.2) is 0 Å². The van der Waals surface area contributed by atoms with Gasteiger partial charge in [-0.05, 0) is 29.8 Å². The van der Waals surface area contributed by atoms with Gasteiger partial charge in [0.1, 0.15) is 5.82 Å². The molecule has 25 heavy (non-hydrogen) atoms.